The number of nitrogens with one attached hydrogen (secondary N) is 1. The van der Waals surface area contributed by atoms with Crippen LogP contribution in [0.15, 0.2) is 109 Å². The molecule has 8 aromatic rings. The van der Waals surface area contributed by atoms with Crippen molar-refractivity contribution in [2.75, 3.05) is 11.1 Å². The van der Waals surface area contributed by atoms with E-state index in [4.69, 9.17) is 5.73 Å². The van der Waals surface area contributed by atoms with Gasteiger partial charge in [-0.1, -0.05) is 59.7 Å². The van der Waals surface area contributed by atoms with Gasteiger partial charge in [0.1, 0.15) is 12.1 Å². The van der Waals surface area contributed by atoms with Crippen LogP contribution < -0.4 is 11.1 Å². The van der Waals surface area contributed by atoms with Gasteiger partial charge in [0.2, 0.25) is 0 Å². The van der Waals surface area contributed by atoms with E-state index in [1.807, 2.05) is 36.4 Å². The van der Waals surface area contributed by atoms with Crippen molar-refractivity contribution < 1.29 is 0 Å². The van der Waals surface area contributed by atoms with Gasteiger partial charge in [-0.2, -0.15) is 10.5 Å². The summed E-state index contributed by atoms with van der Waals surface area (Å²) >= 11 is 0. The summed E-state index contributed by atoms with van der Waals surface area (Å²) in [7, 11) is 0. The van der Waals surface area contributed by atoms with Crippen molar-refractivity contribution in [1.82, 2.24) is 9.13 Å². The number of aromatic nitrogens is 2. The molecule has 0 bridgehead atoms. The van der Waals surface area contributed by atoms with Crippen LogP contribution in [0, 0.1) is 36.5 Å². The second-order valence-corrected chi connectivity index (χ2v) is 14.2. The van der Waals surface area contributed by atoms with Gasteiger partial charge >= 0.3 is 0 Å². The van der Waals surface area contributed by atoms with Gasteiger partial charge in [-0.25, -0.2) is 0 Å². The zero-order chi connectivity index (χ0) is 34.9. The van der Waals surface area contributed by atoms with Crippen LogP contribution >= 0.6 is 0 Å². The fraction of sp³-hybridized carbons (Fsp3) is 0.136. The summed E-state index contributed by atoms with van der Waals surface area (Å²) in [6, 6.07) is 42.4. The van der Waals surface area contributed by atoms with Crippen molar-refractivity contribution in [2.24, 2.45) is 0 Å². The lowest BCUT2D eigenvalue weighted by Gasteiger charge is -2.27. The first-order valence-electron chi connectivity index (χ1n) is 16.8. The van der Waals surface area contributed by atoms with Gasteiger partial charge in [0.05, 0.1) is 50.3 Å². The third-order valence-corrected chi connectivity index (χ3v) is 9.52. The Labute approximate surface area is 291 Å². The Hall–Kier alpha value is -6.50. The van der Waals surface area contributed by atoms with Crippen LogP contribution in [0.2, 0.25) is 0 Å². The van der Waals surface area contributed by atoms with E-state index in [0.717, 1.165) is 71.8 Å². The number of nitrogen functional groups attached to an aromatic ring is 1. The van der Waals surface area contributed by atoms with Gasteiger partial charge in [-0.05, 0) is 95.3 Å². The highest BCUT2D eigenvalue weighted by atomic mass is 15.0. The number of aryl methyl sites for hydroxylation is 2. The number of anilines is 2. The molecule has 2 aromatic heterocycles. The molecule has 0 spiro atoms. The van der Waals surface area contributed by atoms with Crippen molar-refractivity contribution in [3.8, 4) is 34.6 Å². The molecule has 0 amide bonds. The van der Waals surface area contributed by atoms with Crippen LogP contribution in [0.5, 0.6) is 0 Å². The Morgan fingerprint density at radius 3 is 1.60 bits per heavy atom. The minimum Gasteiger partial charge on any atom is -0.398 e. The van der Waals surface area contributed by atoms with Gasteiger partial charge in [-0.15, -0.1) is 0 Å². The number of nitrogens with zero attached hydrogens (tertiary/aromatic N) is 4. The fourth-order valence-electron chi connectivity index (χ4n) is 7.52. The molecule has 0 aliphatic carbocycles. The van der Waals surface area contributed by atoms with E-state index in [1.165, 1.54) is 0 Å². The van der Waals surface area contributed by atoms with Gasteiger partial charge < -0.3 is 20.2 Å². The molecule has 0 unspecified atom stereocenters. The average Bonchev–Trinajstić information content (AvgIpc) is 3.59. The van der Waals surface area contributed by atoms with Crippen molar-refractivity contribution in [2.45, 2.75) is 40.2 Å². The maximum atomic E-state index is 11.3. The molecule has 242 valence electrons. The van der Waals surface area contributed by atoms with Gasteiger partial charge in [0.25, 0.3) is 0 Å². The van der Waals surface area contributed by atoms with Gasteiger partial charge in [0.15, 0.2) is 0 Å². The summed E-state index contributed by atoms with van der Waals surface area (Å²) in [6.07, 6.45) is 0. The van der Waals surface area contributed by atoms with Crippen molar-refractivity contribution >= 4 is 55.0 Å². The number of rotatable bonds is 4. The molecule has 8 rings (SSSR count). The van der Waals surface area contributed by atoms with E-state index in [1.54, 1.807) is 6.07 Å². The summed E-state index contributed by atoms with van der Waals surface area (Å²) in [4.78, 5) is 0. The van der Waals surface area contributed by atoms with E-state index in [9.17, 15) is 10.5 Å². The van der Waals surface area contributed by atoms with Crippen molar-refractivity contribution in [3.63, 3.8) is 0 Å². The molecule has 0 radical (unpaired) electrons. The van der Waals surface area contributed by atoms with Crippen LogP contribution in [0.1, 0.15) is 43.0 Å². The Kier molecular flexibility index (Phi) is 6.96. The van der Waals surface area contributed by atoms with E-state index < -0.39 is 0 Å². The Morgan fingerprint density at radius 1 is 0.560 bits per heavy atom. The van der Waals surface area contributed by atoms with E-state index in [0.29, 0.717) is 27.9 Å². The summed E-state index contributed by atoms with van der Waals surface area (Å²) in [6.45, 7) is 10.5. The molecule has 2 heterocycles. The first kappa shape index (κ1) is 30.8. The van der Waals surface area contributed by atoms with Crippen LogP contribution in [0.25, 0.3) is 66.1 Å². The molecule has 6 heteroatoms. The highest BCUT2D eigenvalue weighted by molar-refractivity contribution is 6.12. The third kappa shape index (κ3) is 4.69. The lowest BCUT2D eigenvalue weighted by Crippen LogP contribution is -2.26. The molecule has 50 heavy (non-hydrogen) atoms. The molecule has 6 nitrogen and oxygen atoms in total. The maximum absolute atomic E-state index is 11.3. The van der Waals surface area contributed by atoms with Crippen LogP contribution in [-0.4, -0.2) is 14.7 Å². The highest BCUT2D eigenvalue weighted by Gasteiger charge is 2.28. The average molecular weight is 649 g/mol. The zero-order valence-electron chi connectivity index (χ0n) is 28.8. The maximum Gasteiger partial charge on any atom is 0.102 e. The Balaban J connectivity index is 1.56. The second-order valence-electron chi connectivity index (χ2n) is 14.2. The largest absolute Gasteiger partial charge is 0.398 e. The minimum absolute atomic E-state index is 0.323. The molecule has 0 aliphatic rings. The summed E-state index contributed by atoms with van der Waals surface area (Å²) in [5.41, 5.74) is 17.2. The van der Waals surface area contributed by atoms with Crippen molar-refractivity contribution in [1.29, 1.82) is 10.5 Å². The molecule has 0 atom stereocenters. The smallest absolute Gasteiger partial charge is 0.102 e. The van der Waals surface area contributed by atoms with Gasteiger partial charge in [0, 0.05) is 43.9 Å². The quantitative estimate of drug-likeness (QED) is 0.186. The molecular formula is C44H36N6. The Morgan fingerprint density at radius 2 is 1.06 bits per heavy atom. The van der Waals surface area contributed by atoms with Gasteiger partial charge in [-0.3, -0.25) is 0 Å². The molecular weight excluding hydrogens is 613 g/mol. The minimum atomic E-state index is -0.356. The first-order valence-corrected chi connectivity index (χ1v) is 16.8. The molecule has 0 saturated carbocycles. The number of hydrogen-bond acceptors (Lipinski definition) is 4. The molecule has 0 fully saturated rings. The van der Waals surface area contributed by atoms with E-state index >= 15 is 0 Å². The number of benzene rings is 6. The highest BCUT2D eigenvalue weighted by Crippen LogP contribution is 2.46. The monoisotopic (exact) mass is 648 g/mol. The third-order valence-electron chi connectivity index (χ3n) is 9.52. The summed E-state index contributed by atoms with van der Waals surface area (Å²) < 4.78 is 4.38. The first-order chi connectivity index (χ1) is 24.1. The summed E-state index contributed by atoms with van der Waals surface area (Å²) in [5.74, 6) is 0. The van der Waals surface area contributed by atoms with Crippen LogP contribution in [0.4, 0.5) is 11.4 Å². The molecule has 0 aliphatic heterocycles. The molecule has 6 aromatic carbocycles. The predicted octanol–water partition coefficient (Wildman–Crippen LogP) is 10.7. The number of nitrogens with two attached hydrogens (primary N) is 1. The topological polar surface area (TPSA) is 95.5 Å². The molecule has 0 saturated heterocycles. The zero-order valence-corrected chi connectivity index (χ0v) is 28.8. The number of nitriles is 2. The van der Waals surface area contributed by atoms with Crippen LogP contribution in [-0.2, 0) is 0 Å². The standard InChI is InChI=1S/C44H36N6/c1-26-14-18-38-30(22-26)28-10-6-8-12-36(28)49(38)40-21-17-35(48-44(3,4)5)42(33(40)25-46)43-32(24-45)34(47)16-20-41(43)50-37-13-9-7-11-29(37)31-23-27(2)15-19-39(31)50/h6-23,48H,47H2,1-5H3. The summed E-state index contributed by atoms with van der Waals surface area (Å²) in [5, 5.41) is 30.3. The number of fused-ring (bicyclic) bond motifs is 6. The van der Waals surface area contributed by atoms with Crippen molar-refractivity contribution in [3.05, 3.63) is 131 Å². The predicted molar refractivity (Wildman–Crippen MR) is 207 cm³/mol. The second kappa shape index (κ2) is 11.3. The normalized spacial score (nSPS) is 11.7. The number of hydrogen-bond donors (Lipinski definition) is 2. The lowest BCUT2D eigenvalue weighted by atomic mass is 9.89. The molecule has 3 N–H and O–H groups in total. The number of para-hydroxylation sites is 2. The SMILES string of the molecule is Cc1ccc2c(c1)c1ccccc1n2-c1ccc(NC(C)(C)C)c(-c2c(-n3c4ccccc4c4cc(C)ccc43)ccc(N)c2C#N)c1C#N. The van der Waals surface area contributed by atoms with Crippen LogP contribution in [0.3, 0.4) is 0 Å². The lowest BCUT2D eigenvalue weighted by molar-refractivity contribution is 0.634. The van der Waals surface area contributed by atoms with E-state index in [-0.39, 0.29) is 5.54 Å². The fourth-order valence-corrected chi connectivity index (χ4v) is 7.52. The van der Waals surface area contributed by atoms with E-state index in [2.05, 4.69) is 128 Å². The Bertz CT molecular complexity index is 2770.